The van der Waals surface area contributed by atoms with Gasteiger partial charge in [0.2, 0.25) is 5.91 Å². The number of carbonyl (C=O) groups excluding carboxylic acids is 1. The Morgan fingerprint density at radius 3 is 3.20 bits per heavy atom. The Balaban J connectivity index is 2.18. The zero-order valence-corrected chi connectivity index (χ0v) is 6.10. The van der Waals surface area contributed by atoms with Gasteiger partial charge in [0.1, 0.15) is 5.76 Å². The van der Waals surface area contributed by atoms with E-state index in [-0.39, 0.29) is 5.91 Å². The molecule has 1 atom stereocenters. The van der Waals surface area contributed by atoms with Crippen LogP contribution in [0.3, 0.4) is 0 Å². The molecule has 2 heterocycles. The summed E-state index contributed by atoms with van der Waals surface area (Å²) >= 11 is 1.61. The van der Waals surface area contributed by atoms with E-state index < -0.39 is 0 Å². The molecule has 1 N–H and O–H groups in total. The van der Waals surface area contributed by atoms with Crippen LogP contribution in [0.5, 0.6) is 0 Å². The molecule has 2 rings (SSSR count). The largest absolute Gasteiger partial charge is 0.510 e. The van der Waals surface area contributed by atoms with Crippen LogP contribution in [0.2, 0.25) is 0 Å². The van der Waals surface area contributed by atoms with Gasteiger partial charge in [0.25, 0.3) is 0 Å². The highest BCUT2D eigenvalue weighted by molar-refractivity contribution is 8.00. The SMILES string of the molecule is O=C1C[C@H]2SCC(O)=CN12. The lowest BCUT2D eigenvalue weighted by Gasteiger charge is -2.39. The molecule has 2 aliphatic heterocycles. The van der Waals surface area contributed by atoms with Crippen molar-refractivity contribution in [2.24, 2.45) is 0 Å². The first-order valence-corrected chi connectivity index (χ1v) is 4.14. The summed E-state index contributed by atoms with van der Waals surface area (Å²) in [7, 11) is 0. The summed E-state index contributed by atoms with van der Waals surface area (Å²) in [5.41, 5.74) is 0. The zero-order chi connectivity index (χ0) is 7.14. The molecule has 0 unspecified atom stereocenters. The lowest BCUT2D eigenvalue weighted by molar-refractivity contribution is -0.137. The Morgan fingerprint density at radius 1 is 1.80 bits per heavy atom. The van der Waals surface area contributed by atoms with E-state index in [1.165, 1.54) is 6.20 Å². The standard InChI is InChI=1S/C6H7NO2S/c8-4-2-7-5(9)1-6(7)10-3-4/h2,6,8H,1,3H2/t6-/m1/s1. The third-order valence-electron chi connectivity index (χ3n) is 1.66. The predicted molar refractivity (Wildman–Crippen MR) is 38.4 cm³/mol. The van der Waals surface area contributed by atoms with Crippen LogP contribution in [-0.4, -0.2) is 27.0 Å². The molecule has 0 aromatic rings. The Kier molecular flexibility index (Phi) is 1.17. The van der Waals surface area contributed by atoms with Gasteiger partial charge in [-0.15, -0.1) is 11.8 Å². The summed E-state index contributed by atoms with van der Waals surface area (Å²) in [6.45, 7) is 0. The fraction of sp³-hybridized carbons (Fsp3) is 0.500. The van der Waals surface area contributed by atoms with Gasteiger partial charge in [-0.25, -0.2) is 0 Å². The van der Waals surface area contributed by atoms with Gasteiger partial charge in [0.15, 0.2) is 0 Å². The molecular formula is C6H7NO2S. The smallest absolute Gasteiger partial charge is 0.230 e. The van der Waals surface area contributed by atoms with E-state index in [0.29, 0.717) is 23.3 Å². The van der Waals surface area contributed by atoms with Crippen molar-refractivity contribution >= 4 is 17.7 Å². The number of amides is 1. The highest BCUT2D eigenvalue weighted by Crippen LogP contribution is 2.34. The monoisotopic (exact) mass is 157 g/mol. The van der Waals surface area contributed by atoms with Crippen LogP contribution in [0.1, 0.15) is 6.42 Å². The average Bonchev–Trinajstić information content (AvgIpc) is 1.92. The first-order valence-electron chi connectivity index (χ1n) is 3.10. The van der Waals surface area contributed by atoms with Crippen molar-refractivity contribution in [2.45, 2.75) is 11.8 Å². The van der Waals surface area contributed by atoms with Crippen LogP contribution < -0.4 is 0 Å². The maximum Gasteiger partial charge on any atom is 0.230 e. The second-order valence-electron chi connectivity index (χ2n) is 2.39. The number of rotatable bonds is 0. The van der Waals surface area contributed by atoms with Crippen molar-refractivity contribution < 1.29 is 9.90 Å². The maximum atomic E-state index is 10.8. The van der Waals surface area contributed by atoms with Gasteiger partial charge in [0, 0.05) is 6.20 Å². The van der Waals surface area contributed by atoms with E-state index in [4.69, 9.17) is 5.11 Å². The predicted octanol–water partition coefficient (Wildman–Crippen LogP) is 0.691. The summed E-state index contributed by atoms with van der Waals surface area (Å²) < 4.78 is 0. The molecule has 0 saturated carbocycles. The second-order valence-corrected chi connectivity index (χ2v) is 3.56. The van der Waals surface area contributed by atoms with Gasteiger partial charge in [-0.05, 0) is 0 Å². The number of aliphatic hydroxyl groups is 1. The normalized spacial score (nSPS) is 30.8. The zero-order valence-electron chi connectivity index (χ0n) is 5.28. The van der Waals surface area contributed by atoms with Crippen LogP contribution in [0.4, 0.5) is 0 Å². The molecule has 0 aliphatic carbocycles. The number of aliphatic hydroxyl groups excluding tert-OH is 1. The van der Waals surface area contributed by atoms with E-state index >= 15 is 0 Å². The van der Waals surface area contributed by atoms with Crippen LogP contribution in [0.25, 0.3) is 0 Å². The summed E-state index contributed by atoms with van der Waals surface area (Å²) in [6.07, 6.45) is 2.17. The maximum absolute atomic E-state index is 10.8. The molecule has 0 spiro atoms. The lowest BCUT2D eigenvalue weighted by Crippen LogP contribution is -2.49. The van der Waals surface area contributed by atoms with E-state index in [0.717, 1.165) is 0 Å². The summed E-state index contributed by atoms with van der Waals surface area (Å²) in [4.78, 5) is 12.4. The molecule has 1 saturated heterocycles. The van der Waals surface area contributed by atoms with Crippen LogP contribution in [-0.2, 0) is 4.79 Å². The Hall–Kier alpha value is -0.640. The summed E-state index contributed by atoms with van der Waals surface area (Å²) in [6, 6.07) is 0. The molecule has 4 heteroatoms. The first-order chi connectivity index (χ1) is 4.77. The molecule has 1 fully saturated rings. The van der Waals surface area contributed by atoms with Crippen molar-refractivity contribution in [1.82, 2.24) is 4.90 Å². The Morgan fingerprint density at radius 2 is 2.60 bits per heavy atom. The number of hydrogen-bond donors (Lipinski definition) is 1. The van der Waals surface area contributed by atoms with E-state index in [1.54, 1.807) is 16.7 Å². The number of β-lactam (4-membered cyclic amide) rings is 1. The Labute approximate surface area is 62.7 Å². The molecule has 3 nitrogen and oxygen atoms in total. The van der Waals surface area contributed by atoms with E-state index in [2.05, 4.69) is 0 Å². The third kappa shape index (κ3) is 0.718. The van der Waals surface area contributed by atoms with Crippen molar-refractivity contribution in [1.29, 1.82) is 0 Å². The molecule has 54 valence electrons. The molecule has 0 bridgehead atoms. The van der Waals surface area contributed by atoms with Crippen LogP contribution >= 0.6 is 11.8 Å². The van der Waals surface area contributed by atoms with Gasteiger partial charge in [-0.3, -0.25) is 4.79 Å². The van der Waals surface area contributed by atoms with Gasteiger partial charge in [-0.1, -0.05) is 0 Å². The minimum absolute atomic E-state index is 0.115. The number of carbonyl (C=O) groups is 1. The molecule has 0 aromatic heterocycles. The van der Waals surface area contributed by atoms with Crippen molar-refractivity contribution in [3.05, 3.63) is 12.0 Å². The lowest BCUT2D eigenvalue weighted by atomic mass is 10.2. The van der Waals surface area contributed by atoms with Gasteiger partial charge >= 0.3 is 0 Å². The third-order valence-corrected chi connectivity index (χ3v) is 2.90. The number of fused-ring (bicyclic) bond motifs is 1. The van der Waals surface area contributed by atoms with E-state index in [1.807, 2.05) is 0 Å². The molecule has 1 amide bonds. The molecule has 10 heavy (non-hydrogen) atoms. The van der Waals surface area contributed by atoms with Crippen molar-refractivity contribution in [2.75, 3.05) is 5.75 Å². The van der Waals surface area contributed by atoms with Gasteiger partial charge in [-0.2, -0.15) is 0 Å². The second kappa shape index (κ2) is 1.92. The fourth-order valence-electron chi connectivity index (χ4n) is 1.08. The minimum Gasteiger partial charge on any atom is -0.510 e. The average molecular weight is 157 g/mol. The van der Waals surface area contributed by atoms with Crippen LogP contribution in [0, 0.1) is 0 Å². The molecule has 0 radical (unpaired) electrons. The molecular weight excluding hydrogens is 150 g/mol. The Bertz CT molecular complexity index is 214. The highest BCUT2D eigenvalue weighted by Gasteiger charge is 2.37. The number of nitrogens with zero attached hydrogens (tertiary/aromatic N) is 1. The summed E-state index contributed by atoms with van der Waals surface area (Å²) in [5.74, 6) is 1.06. The van der Waals surface area contributed by atoms with Crippen molar-refractivity contribution in [3.63, 3.8) is 0 Å². The van der Waals surface area contributed by atoms with Crippen molar-refractivity contribution in [3.8, 4) is 0 Å². The number of thioether (sulfide) groups is 1. The quantitative estimate of drug-likeness (QED) is 0.526. The molecule has 0 aromatic carbocycles. The van der Waals surface area contributed by atoms with Gasteiger partial charge in [0.05, 0.1) is 17.5 Å². The highest BCUT2D eigenvalue weighted by atomic mass is 32.2. The fourth-order valence-corrected chi connectivity index (χ4v) is 2.11. The van der Waals surface area contributed by atoms with Gasteiger partial charge < -0.3 is 10.0 Å². The minimum atomic E-state index is 0.115. The first kappa shape index (κ1) is 6.09. The number of hydrogen-bond acceptors (Lipinski definition) is 3. The summed E-state index contributed by atoms with van der Waals surface area (Å²) in [5, 5.41) is 9.30. The molecule has 2 aliphatic rings. The van der Waals surface area contributed by atoms with E-state index in [9.17, 15) is 4.79 Å². The topological polar surface area (TPSA) is 40.5 Å². The van der Waals surface area contributed by atoms with Crippen LogP contribution in [0.15, 0.2) is 12.0 Å².